The van der Waals surface area contributed by atoms with Crippen LogP contribution in [0.1, 0.15) is 31.4 Å². The molecule has 21 heavy (non-hydrogen) atoms. The molecule has 3 rings (SSSR count). The van der Waals surface area contributed by atoms with Gasteiger partial charge in [-0.25, -0.2) is 4.79 Å². The molecule has 1 heterocycles. The van der Waals surface area contributed by atoms with E-state index in [4.69, 9.17) is 4.74 Å². The number of urea groups is 1. The lowest BCUT2D eigenvalue weighted by atomic mass is 9.95. The molecule has 0 aromatic heterocycles. The molecule has 1 aliphatic carbocycles. The number of nitrogens with one attached hydrogen (secondary N) is 2. The lowest BCUT2D eigenvalue weighted by Gasteiger charge is -2.19. The highest BCUT2D eigenvalue weighted by molar-refractivity contribution is 5.73. The van der Waals surface area contributed by atoms with Crippen molar-refractivity contribution in [2.24, 2.45) is 17.8 Å². The molecule has 0 spiro atoms. The number of benzene rings is 1. The molecular weight excluding hydrogens is 264 g/mol. The Morgan fingerprint density at radius 2 is 1.86 bits per heavy atom. The summed E-state index contributed by atoms with van der Waals surface area (Å²) in [5.41, 5.74) is 1.20. The number of rotatable bonds is 5. The summed E-state index contributed by atoms with van der Waals surface area (Å²) >= 11 is 0. The van der Waals surface area contributed by atoms with E-state index < -0.39 is 0 Å². The molecule has 4 heteroatoms. The predicted molar refractivity (Wildman–Crippen MR) is 81.9 cm³/mol. The summed E-state index contributed by atoms with van der Waals surface area (Å²) in [7, 11) is 0. The van der Waals surface area contributed by atoms with Crippen LogP contribution in [0, 0.1) is 17.8 Å². The molecule has 0 unspecified atom stereocenters. The number of ether oxygens (including phenoxy) is 1. The van der Waals surface area contributed by atoms with Crippen LogP contribution >= 0.6 is 0 Å². The Hall–Kier alpha value is -1.55. The van der Waals surface area contributed by atoms with Gasteiger partial charge in [0.15, 0.2) is 0 Å². The van der Waals surface area contributed by atoms with Crippen LogP contribution in [0.15, 0.2) is 30.3 Å². The molecule has 1 saturated carbocycles. The maximum Gasteiger partial charge on any atom is 0.314 e. The first kappa shape index (κ1) is 14.4. The fourth-order valence-electron chi connectivity index (χ4n) is 3.05. The molecule has 4 nitrogen and oxygen atoms in total. The van der Waals surface area contributed by atoms with E-state index in [0.717, 1.165) is 25.5 Å². The minimum atomic E-state index is -0.0483. The van der Waals surface area contributed by atoms with Crippen LogP contribution in [0.25, 0.3) is 0 Å². The van der Waals surface area contributed by atoms with Crippen molar-refractivity contribution in [2.75, 3.05) is 19.7 Å². The van der Waals surface area contributed by atoms with Gasteiger partial charge in [-0.2, -0.15) is 0 Å². The van der Waals surface area contributed by atoms with Gasteiger partial charge in [-0.3, -0.25) is 0 Å². The van der Waals surface area contributed by atoms with Crippen molar-refractivity contribution >= 4 is 6.03 Å². The van der Waals surface area contributed by atoms with Crippen LogP contribution in [-0.2, 0) is 4.74 Å². The first-order chi connectivity index (χ1) is 10.2. The van der Waals surface area contributed by atoms with Crippen molar-refractivity contribution in [3.8, 4) is 0 Å². The van der Waals surface area contributed by atoms with Crippen molar-refractivity contribution in [3.63, 3.8) is 0 Å². The Kier molecular flexibility index (Phi) is 4.44. The van der Waals surface area contributed by atoms with Crippen LogP contribution in [0.2, 0.25) is 0 Å². The van der Waals surface area contributed by atoms with Crippen molar-refractivity contribution in [2.45, 2.75) is 25.9 Å². The largest absolute Gasteiger partial charge is 0.373 e. The van der Waals surface area contributed by atoms with Gasteiger partial charge in [-0.05, 0) is 30.2 Å². The van der Waals surface area contributed by atoms with Gasteiger partial charge in [0.25, 0.3) is 0 Å². The number of hydrogen-bond donors (Lipinski definition) is 2. The molecule has 114 valence electrons. The molecule has 0 bridgehead atoms. The van der Waals surface area contributed by atoms with Crippen LogP contribution in [0.5, 0.6) is 0 Å². The monoisotopic (exact) mass is 288 g/mol. The molecule has 2 amide bonds. The summed E-state index contributed by atoms with van der Waals surface area (Å²) in [6, 6.07) is 10.2. The molecule has 1 saturated heterocycles. The Bertz CT molecular complexity index is 477. The van der Waals surface area contributed by atoms with Crippen LogP contribution in [0.4, 0.5) is 4.79 Å². The first-order valence-corrected chi connectivity index (χ1v) is 7.92. The lowest BCUT2D eigenvalue weighted by Crippen LogP contribution is -2.39. The normalized spacial score (nSPS) is 30.9. The van der Waals surface area contributed by atoms with E-state index in [2.05, 4.69) is 29.7 Å². The predicted octanol–water partition coefficient (Wildman–Crippen LogP) is 2.72. The van der Waals surface area contributed by atoms with E-state index >= 15 is 0 Å². The summed E-state index contributed by atoms with van der Waals surface area (Å²) in [5.74, 6) is 1.82. The Labute approximate surface area is 126 Å². The van der Waals surface area contributed by atoms with E-state index in [1.165, 1.54) is 12.0 Å². The maximum absolute atomic E-state index is 11.8. The highest BCUT2D eigenvalue weighted by atomic mass is 16.5. The van der Waals surface area contributed by atoms with Crippen LogP contribution in [-0.4, -0.2) is 25.7 Å². The molecule has 1 aromatic rings. The van der Waals surface area contributed by atoms with Gasteiger partial charge in [0, 0.05) is 25.6 Å². The zero-order valence-corrected chi connectivity index (χ0v) is 12.5. The molecule has 2 N–H and O–H groups in total. The van der Waals surface area contributed by atoms with Crippen molar-refractivity contribution in [1.29, 1.82) is 0 Å². The van der Waals surface area contributed by atoms with Gasteiger partial charge >= 0.3 is 6.03 Å². The number of carbonyl (C=O) groups excluding carboxylic acids is 1. The minimum absolute atomic E-state index is 0.0483. The number of amides is 2. The summed E-state index contributed by atoms with van der Waals surface area (Å²) in [5, 5.41) is 5.95. The zero-order valence-electron chi connectivity index (χ0n) is 12.5. The lowest BCUT2D eigenvalue weighted by molar-refractivity contribution is 0.0910. The van der Waals surface area contributed by atoms with E-state index in [1.54, 1.807) is 0 Å². The maximum atomic E-state index is 11.8. The van der Waals surface area contributed by atoms with E-state index in [0.29, 0.717) is 18.4 Å². The van der Waals surface area contributed by atoms with Gasteiger partial charge in [0.1, 0.15) is 0 Å². The second-order valence-electron chi connectivity index (χ2n) is 6.31. The summed E-state index contributed by atoms with van der Waals surface area (Å²) in [6.07, 6.45) is 2.35. The highest BCUT2D eigenvalue weighted by Gasteiger charge is 2.33. The Morgan fingerprint density at radius 3 is 2.52 bits per heavy atom. The average Bonchev–Trinajstić information content (AvgIpc) is 3.02. The molecule has 0 radical (unpaired) electrons. The van der Waals surface area contributed by atoms with Crippen LogP contribution < -0.4 is 10.6 Å². The molecule has 2 fully saturated rings. The molecule has 1 aliphatic heterocycles. The fraction of sp³-hybridized carbons (Fsp3) is 0.588. The van der Waals surface area contributed by atoms with Crippen molar-refractivity contribution < 1.29 is 9.53 Å². The fourth-order valence-corrected chi connectivity index (χ4v) is 3.05. The standard InChI is InChI=1S/C17H24N2O2/c1-12-9-15(12)11-19-17(20)18-10-14-7-8-21-16(14)13-5-3-2-4-6-13/h2-6,12,14-16H,7-11H2,1H3,(H2,18,19,20)/t12-,14-,15-,16-/m1/s1. The van der Waals surface area contributed by atoms with Crippen LogP contribution in [0.3, 0.4) is 0 Å². The van der Waals surface area contributed by atoms with Gasteiger partial charge in [0.2, 0.25) is 0 Å². The molecule has 1 aromatic carbocycles. The smallest absolute Gasteiger partial charge is 0.314 e. The van der Waals surface area contributed by atoms with Crippen molar-refractivity contribution in [1.82, 2.24) is 10.6 Å². The highest BCUT2D eigenvalue weighted by Crippen LogP contribution is 2.36. The minimum Gasteiger partial charge on any atom is -0.373 e. The summed E-state index contributed by atoms with van der Waals surface area (Å²) in [4.78, 5) is 11.8. The Balaban J connectivity index is 1.44. The second kappa shape index (κ2) is 6.48. The van der Waals surface area contributed by atoms with Gasteiger partial charge in [-0.1, -0.05) is 37.3 Å². The third-order valence-corrected chi connectivity index (χ3v) is 4.67. The van der Waals surface area contributed by atoms with Crippen molar-refractivity contribution in [3.05, 3.63) is 35.9 Å². The number of hydrogen-bond acceptors (Lipinski definition) is 2. The third kappa shape index (κ3) is 3.76. The first-order valence-electron chi connectivity index (χ1n) is 7.92. The molecule has 2 aliphatic rings. The van der Waals surface area contributed by atoms with Gasteiger partial charge in [-0.15, -0.1) is 0 Å². The summed E-state index contributed by atoms with van der Waals surface area (Å²) < 4.78 is 5.83. The quantitative estimate of drug-likeness (QED) is 0.875. The molecule has 4 atom stereocenters. The SMILES string of the molecule is C[C@@H]1C[C@@H]1CNC(=O)NC[C@H]1CCO[C@@H]1c1ccccc1. The van der Waals surface area contributed by atoms with Gasteiger partial charge < -0.3 is 15.4 Å². The second-order valence-corrected chi connectivity index (χ2v) is 6.31. The zero-order chi connectivity index (χ0) is 14.7. The average molecular weight is 288 g/mol. The molecular formula is C17H24N2O2. The van der Waals surface area contributed by atoms with E-state index in [1.807, 2.05) is 18.2 Å². The van der Waals surface area contributed by atoms with E-state index in [-0.39, 0.29) is 12.1 Å². The van der Waals surface area contributed by atoms with Gasteiger partial charge in [0.05, 0.1) is 6.10 Å². The summed E-state index contributed by atoms with van der Waals surface area (Å²) in [6.45, 7) is 4.47. The van der Waals surface area contributed by atoms with E-state index in [9.17, 15) is 4.79 Å². The number of carbonyl (C=O) groups is 1. The third-order valence-electron chi connectivity index (χ3n) is 4.67. The topological polar surface area (TPSA) is 50.4 Å². The Morgan fingerprint density at radius 1 is 1.19 bits per heavy atom.